The van der Waals surface area contributed by atoms with Gasteiger partial charge in [0.15, 0.2) is 0 Å². The van der Waals surface area contributed by atoms with Crippen LogP contribution in [-0.4, -0.2) is 22.8 Å². The fourth-order valence-corrected chi connectivity index (χ4v) is 4.16. The first-order valence-electron chi connectivity index (χ1n) is 9.89. The van der Waals surface area contributed by atoms with Gasteiger partial charge < -0.3 is 10.2 Å². The maximum absolute atomic E-state index is 13.0. The van der Waals surface area contributed by atoms with Gasteiger partial charge in [-0.1, -0.05) is 61.2 Å². The van der Waals surface area contributed by atoms with Crippen LogP contribution in [0.25, 0.3) is 0 Å². The van der Waals surface area contributed by atoms with Gasteiger partial charge >= 0.3 is 0 Å². The van der Waals surface area contributed by atoms with E-state index in [1.807, 2.05) is 17.0 Å². The van der Waals surface area contributed by atoms with E-state index in [2.05, 4.69) is 36.5 Å². The summed E-state index contributed by atoms with van der Waals surface area (Å²) in [4.78, 5) is 27.7. The SMILES string of the molecule is Cc1ccc(CN2Cc3cccc(C(=O)NC4CCCCC4)c3C2=O)cc1. The van der Waals surface area contributed by atoms with Crippen LogP contribution in [0.2, 0.25) is 0 Å². The van der Waals surface area contributed by atoms with Crippen LogP contribution >= 0.6 is 0 Å². The molecule has 0 aromatic heterocycles. The molecule has 2 aliphatic rings. The zero-order chi connectivity index (χ0) is 18.8. The first-order valence-corrected chi connectivity index (χ1v) is 9.89. The maximum Gasteiger partial charge on any atom is 0.255 e. The van der Waals surface area contributed by atoms with Crippen molar-refractivity contribution in [2.45, 2.75) is 58.2 Å². The van der Waals surface area contributed by atoms with Gasteiger partial charge in [0, 0.05) is 19.1 Å². The summed E-state index contributed by atoms with van der Waals surface area (Å²) < 4.78 is 0. The van der Waals surface area contributed by atoms with Crippen molar-refractivity contribution < 1.29 is 9.59 Å². The molecule has 1 fully saturated rings. The molecule has 0 unspecified atom stereocenters. The lowest BCUT2D eigenvalue weighted by Crippen LogP contribution is -2.37. The highest BCUT2D eigenvalue weighted by atomic mass is 16.2. The molecule has 4 heteroatoms. The van der Waals surface area contributed by atoms with Crippen molar-refractivity contribution in [2.24, 2.45) is 0 Å². The molecular weight excluding hydrogens is 336 g/mol. The van der Waals surface area contributed by atoms with Crippen LogP contribution < -0.4 is 5.32 Å². The molecule has 27 heavy (non-hydrogen) atoms. The Hall–Kier alpha value is -2.62. The number of amides is 2. The maximum atomic E-state index is 13.0. The van der Waals surface area contributed by atoms with E-state index in [0.717, 1.165) is 24.0 Å². The predicted molar refractivity (Wildman–Crippen MR) is 106 cm³/mol. The van der Waals surface area contributed by atoms with E-state index in [-0.39, 0.29) is 17.9 Å². The van der Waals surface area contributed by atoms with Gasteiger partial charge in [-0.2, -0.15) is 0 Å². The quantitative estimate of drug-likeness (QED) is 0.885. The van der Waals surface area contributed by atoms with Crippen LogP contribution in [-0.2, 0) is 13.1 Å². The van der Waals surface area contributed by atoms with Crippen LogP contribution in [0.3, 0.4) is 0 Å². The Morgan fingerprint density at radius 1 is 1.07 bits per heavy atom. The molecule has 2 aromatic rings. The highest BCUT2D eigenvalue weighted by Crippen LogP contribution is 2.28. The highest BCUT2D eigenvalue weighted by molar-refractivity contribution is 6.09. The van der Waals surface area contributed by atoms with Crippen molar-refractivity contribution >= 4 is 11.8 Å². The molecular formula is C23H26N2O2. The summed E-state index contributed by atoms with van der Waals surface area (Å²) in [6.45, 7) is 3.18. The minimum Gasteiger partial charge on any atom is -0.349 e. The number of nitrogens with zero attached hydrogens (tertiary/aromatic N) is 1. The Kier molecular flexibility index (Phi) is 4.97. The highest BCUT2D eigenvalue weighted by Gasteiger charge is 2.32. The first-order chi connectivity index (χ1) is 13.1. The van der Waals surface area contributed by atoms with Crippen LogP contribution in [0.15, 0.2) is 42.5 Å². The number of rotatable bonds is 4. The average Bonchev–Trinajstić information content (AvgIpc) is 3.00. The normalized spacial score (nSPS) is 17.1. The van der Waals surface area contributed by atoms with E-state index in [0.29, 0.717) is 24.2 Å². The van der Waals surface area contributed by atoms with E-state index in [4.69, 9.17) is 0 Å². The minimum atomic E-state index is -0.107. The van der Waals surface area contributed by atoms with E-state index in [9.17, 15) is 9.59 Å². The van der Waals surface area contributed by atoms with Crippen LogP contribution in [0.4, 0.5) is 0 Å². The third-order valence-electron chi connectivity index (χ3n) is 5.69. The second-order valence-corrected chi connectivity index (χ2v) is 7.79. The Morgan fingerprint density at radius 2 is 1.81 bits per heavy atom. The van der Waals surface area contributed by atoms with Gasteiger partial charge in [0.1, 0.15) is 0 Å². The fraction of sp³-hybridized carbons (Fsp3) is 0.391. The molecule has 1 aliphatic heterocycles. The third kappa shape index (κ3) is 3.75. The minimum absolute atomic E-state index is 0.0417. The Labute approximate surface area is 160 Å². The second-order valence-electron chi connectivity index (χ2n) is 7.79. The molecule has 2 amide bonds. The Balaban J connectivity index is 1.52. The van der Waals surface area contributed by atoms with Crippen molar-refractivity contribution in [3.05, 3.63) is 70.3 Å². The number of benzene rings is 2. The second kappa shape index (κ2) is 7.55. The lowest BCUT2D eigenvalue weighted by molar-refractivity contribution is 0.0760. The first kappa shape index (κ1) is 17.8. The van der Waals surface area contributed by atoms with Gasteiger partial charge in [-0.3, -0.25) is 9.59 Å². The topological polar surface area (TPSA) is 49.4 Å². The van der Waals surface area contributed by atoms with Crippen molar-refractivity contribution in [1.82, 2.24) is 10.2 Å². The van der Waals surface area contributed by atoms with E-state index < -0.39 is 0 Å². The number of carbonyl (C=O) groups excluding carboxylic acids is 2. The molecule has 2 aromatic carbocycles. The van der Waals surface area contributed by atoms with Crippen LogP contribution in [0.1, 0.15) is 69.5 Å². The van der Waals surface area contributed by atoms with Gasteiger partial charge in [-0.25, -0.2) is 0 Å². The summed E-state index contributed by atoms with van der Waals surface area (Å²) in [5.74, 6) is -0.149. The average molecular weight is 362 g/mol. The van der Waals surface area contributed by atoms with Crippen LogP contribution in [0.5, 0.6) is 0 Å². The molecule has 140 valence electrons. The van der Waals surface area contributed by atoms with Gasteiger partial charge in [0.05, 0.1) is 11.1 Å². The van der Waals surface area contributed by atoms with Crippen molar-refractivity contribution in [1.29, 1.82) is 0 Å². The summed E-state index contributed by atoms with van der Waals surface area (Å²) in [5, 5.41) is 3.15. The zero-order valence-electron chi connectivity index (χ0n) is 15.8. The smallest absolute Gasteiger partial charge is 0.255 e. The van der Waals surface area contributed by atoms with Crippen molar-refractivity contribution in [2.75, 3.05) is 0 Å². The number of hydrogen-bond acceptors (Lipinski definition) is 2. The van der Waals surface area contributed by atoms with E-state index in [1.165, 1.54) is 24.8 Å². The van der Waals surface area contributed by atoms with Crippen molar-refractivity contribution in [3.63, 3.8) is 0 Å². The van der Waals surface area contributed by atoms with Crippen LogP contribution in [0, 0.1) is 6.92 Å². The molecule has 1 aliphatic carbocycles. The largest absolute Gasteiger partial charge is 0.349 e. The summed E-state index contributed by atoms with van der Waals surface area (Å²) in [6.07, 6.45) is 5.66. The molecule has 1 heterocycles. The van der Waals surface area contributed by atoms with Gasteiger partial charge in [0.25, 0.3) is 11.8 Å². The number of nitrogens with one attached hydrogen (secondary N) is 1. The number of hydrogen-bond donors (Lipinski definition) is 1. The molecule has 4 rings (SSSR count). The molecule has 0 bridgehead atoms. The monoisotopic (exact) mass is 362 g/mol. The van der Waals surface area contributed by atoms with Gasteiger partial charge in [-0.05, 0) is 37.0 Å². The molecule has 1 saturated carbocycles. The summed E-state index contributed by atoms with van der Waals surface area (Å²) in [6, 6.07) is 14.1. The number of carbonyl (C=O) groups is 2. The summed E-state index contributed by atoms with van der Waals surface area (Å²) in [5.41, 5.74) is 4.36. The van der Waals surface area contributed by atoms with Gasteiger partial charge in [0.2, 0.25) is 0 Å². The number of aryl methyl sites for hydroxylation is 1. The molecule has 0 spiro atoms. The molecule has 4 nitrogen and oxygen atoms in total. The standard InChI is InChI=1S/C23H26N2O2/c1-16-10-12-17(13-11-16)14-25-15-18-6-5-9-20(21(18)23(25)27)22(26)24-19-7-3-2-4-8-19/h5-6,9-13,19H,2-4,7-8,14-15H2,1H3,(H,24,26). The van der Waals surface area contributed by atoms with E-state index >= 15 is 0 Å². The predicted octanol–water partition coefficient (Wildman–Crippen LogP) is 4.21. The lowest BCUT2D eigenvalue weighted by atomic mass is 9.94. The zero-order valence-corrected chi connectivity index (χ0v) is 15.8. The van der Waals surface area contributed by atoms with Crippen molar-refractivity contribution in [3.8, 4) is 0 Å². The lowest BCUT2D eigenvalue weighted by Gasteiger charge is -2.23. The van der Waals surface area contributed by atoms with E-state index in [1.54, 1.807) is 6.07 Å². The summed E-state index contributed by atoms with van der Waals surface area (Å²) >= 11 is 0. The molecule has 1 N–H and O–H groups in total. The fourth-order valence-electron chi connectivity index (χ4n) is 4.16. The molecule has 0 radical (unpaired) electrons. The molecule has 0 atom stereocenters. The Bertz CT molecular complexity index is 851. The Morgan fingerprint density at radius 3 is 2.56 bits per heavy atom. The molecule has 0 saturated heterocycles. The summed E-state index contributed by atoms with van der Waals surface area (Å²) in [7, 11) is 0. The van der Waals surface area contributed by atoms with Gasteiger partial charge in [-0.15, -0.1) is 0 Å². The number of fused-ring (bicyclic) bond motifs is 1. The third-order valence-corrected chi connectivity index (χ3v) is 5.69.